The minimum atomic E-state index is -0.0566. The van der Waals surface area contributed by atoms with Crippen LogP contribution in [0.5, 0.6) is 5.75 Å². The van der Waals surface area contributed by atoms with Crippen LogP contribution in [0.25, 0.3) is 21.3 Å². The third kappa shape index (κ3) is 2.59. The molecule has 0 radical (unpaired) electrons. The monoisotopic (exact) mass is 334 g/mol. The van der Waals surface area contributed by atoms with Crippen LogP contribution in [0, 0.1) is 0 Å². The predicted octanol–water partition coefficient (Wildman–Crippen LogP) is 4.45. The summed E-state index contributed by atoms with van der Waals surface area (Å²) in [6.07, 6.45) is 5.25. The maximum absolute atomic E-state index is 12.2. The number of para-hydroxylation sites is 1. The average Bonchev–Trinajstić information content (AvgIpc) is 3.17. The smallest absolute Gasteiger partial charge is 0.195 e. The van der Waals surface area contributed by atoms with Crippen LogP contribution in [0.3, 0.4) is 0 Å². The van der Waals surface area contributed by atoms with E-state index in [1.807, 2.05) is 18.3 Å². The standard InChI is InChI=1S/C19H14N2O2S/c1-23-15-9-6-13(7-10-15)17(22)11-8-14-12-21-16-4-2-3-5-18(16)24-19(21)20-14/h2-12H,1H3/b11-8+. The SMILES string of the molecule is COc1ccc(C(=O)/C=C/c2cn3c(n2)sc2ccccc23)cc1. The largest absolute Gasteiger partial charge is 0.497 e. The minimum absolute atomic E-state index is 0.0566. The second-order valence-electron chi connectivity index (χ2n) is 5.31. The molecular weight excluding hydrogens is 320 g/mol. The lowest BCUT2D eigenvalue weighted by atomic mass is 10.1. The summed E-state index contributed by atoms with van der Waals surface area (Å²) in [5, 5.41) is 0. The number of aromatic nitrogens is 2. The summed E-state index contributed by atoms with van der Waals surface area (Å²) in [6.45, 7) is 0. The quantitative estimate of drug-likeness (QED) is 0.409. The lowest BCUT2D eigenvalue weighted by Crippen LogP contribution is -1.94. The number of carbonyl (C=O) groups excluding carboxylic acids is 1. The summed E-state index contributed by atoms with van der Waals surface area (Å²) in [5.74, 6) is 0.676. The van der Waals surface area contributed by atoms with Crippen LogP contribution in [-0.4, -0.2) is 22.3 Å². The Hall–Kier alpha value is -2.92. The van der Waals surface area contributed by atoms with Crippen LogP contribution in [0.15, 0.2) is 60.8 Å². The van der Waals surface area contributed by atoms with E-state index in [1.54, 1.807) is 54.9 Å². The van der Waals surface area contributed by atoms with E-state index in [1.165, 1.54) is 4.70 Å². The molecule has 0 unspecified atom stereocenters. The Balaban J connectivity index is 1.60. The van der Waals surface area contributed by atoms with Crippen LogP contribution in [0.1, 0.15) is 16.1 Å². The molecule has 0 N–H and O–H groups in total. The summed E-state index contributed by atoms with van der Waals surface area (Å²) < 4.78 is 8.35. The molecule has 2 aromatic heterocycles. The summed E-state index contributed by atoms with van der Waals surface area (Å²) in [6, 6.07) is 15.2. The summed E-state index contributed by atoms with van der Waals surface area (Å²) in [7, 11) is 1.60. The molecule has 0 amide bonds. The van der Waals surface area contributed by atoms with Crippen molar-refractivity contribution in [2.24, 2.45) is 0 Å². The van der Waals surface area contributed by atoms with Crippen molar-refractivity contribution in [2.45, 2.75) is 0 Å². The first-order valence-corrected chi connectivity index (χ1v) is 8.29. The number of allylic oxidation sites excluding steroid dienone is 1. The molecule has 4 rings (SSSR count). The molecule has 0 aliphatic rings. The van der Waals surface area contributed by atoms with Crippen molar-refractivity contribution >= 4 is 38.4 Å². The number of nitrogens with zero attached hydrogens (tertiary/aromatic N) is 2. The van der Waals surface area contributed by atoms with Crippen molar-refractivity contribution in [3.63, 3.8) is 0 Å². The molecular formula is C19H14N2O2S. The maximum Gasteiger partial charge on any atom is 0.195 e. The zero-order valence-electron chi connectivity index (χ0n) is 13.0. The molecule has 0 spiro atoms. The summed E-state index contributed by atoms with van der Waals surface area (Å²) >= 11 is 1.64. The Bertz CT molecular complexity index is 1060. The molecule has 0 aliphatic carbocycles. The highest BCUT2D eigenvalue weighted by Gasteiger charge is 2.07. The van der Waals surface area contributed by atoms with Gasteiger partial charge < -0.3 is 4.74 Å². The Labute approximate surface area is 142 Å². The molecule has 4 nitrogen and oxygen atoms in total. The van der Waals surface area contributed by atoms with Gasteiger partial charge in [-0.05, 0) is 48.6 Å². The number of rotatable bonds is 4. The van der Waals surface area contributed by atoms with Crippen LogP contribution >= 0.6 is 11.3 Å². The van der Waals surface area contributed by atoms with Crippen LogP contribution in [0.4, 0.5) is 0 Å². The van der Waals surface area contributed by atoms with Crippen LogP contribution in [0.2, 0.25) is 0 Å². The van der Waals surface area contributed by atoms with Gasteiger partial charge in [0.05, 0.1) is 23.0 Å². The second kappa shape index (κ2) is 5.94. The van der Waals surface area contributed by atoms with Crippen molar-refractivity contribution in [2.75, 3.05) is 7.11 Å². The van der Waals surface area contributed by atoms with E-state index in [-0.39, 0.29) is 5.78 Å². The van der Waals surface area contributed by atoms with E-state index >= 15 is 0 Å². The topological polar surface area (TPSA) is 43.6 Å². The van der Waals surface area contributed by atoms with Gasteiger partial charge in [0, 0.05) is 11.8 Å². The van der Waals surface area contributed by atoms with E-state index in [2.05, 4.69) is 21.5 Å². The van der Waals surface area contributed by atoms with Gasteiger partial charge in [-0.2, -0.15) is 0 Å². The Kier molecular flexibility index (Phi) is 3.63. The number of benzene rings is 2. The molecule has 2 aromatic carbocycles. The molecule has 0 fully saturated rings. The predicted molar refractivity (Wildman–Crippen MR) is 96.9 cm³/mol. The van der Waals surface area contributed by atoms with Crippen LogP contribution < -0.4 is 4.74 Å². The molecule has 2 heterocycles. The van der Waals surface area contributed by atoms with Gasteiger partial charge in [-0.3, -0.25) is 9.20 Å². The van der Waals surface area contributed by atoms with Gasteiger partial charge in [0.1, 0.15) is 5.75 Å². The van der Waals surface area contributed by atoms with Gasteiger partial charge in [0.15, 0.2) is 10.7 Å². The van der Waals surface area contributed by atoms with Gasteiger partial charge in [-0.1, -0.05) is 23.5 Å². The Morgan fingerprint density at radius 3 is 2.75 bits per heavy atom. The van der Waals surface area contributed by atoms with Crippen molar-refractivity contribution in [1.29, 1.82) is 0 Å². The molecule has 0 aliphatic heterocycles. The van der Waals surface area contributed by atoms with Gasteiger partial charge in [-0.25, -0.2) is 4.98 Å². The Morgan fingerprint density at radius 1 is 1.17 bits per heavy atom. The number of methoxy groups -OCH3 is 1. The lowest BCUT2D eigenvalue weighted by molar-refractivity contribution is 0.104. The molecule has 4 aromatic rings. The molecule has 5 heteroatoms. The van der Waals surface area contributed by atoms with Gasteiger partial charge in [-0.15, -0.1) is 0 Å². The Morgan fingerprint density at radius 2 is 1.96 bits per heavy atom. The molecule has 0 bridgehead atoms. The molecule has 0 saturated carbocycles. The van der Waals surface area contributed by atoms with E-state index in [0.29, 0.717) is 5.56 Å². The number of thiazole rings is 1. The van der Waals surface area contributed by atoms with E-state index in [9.17, 15) is 4.79 Å². The number of ether oxygens (including phenoxy) is 1. The van der Waals surface area contributed by atoms with Crippen molar-refractivity contribution < 1.29 is 9.53 Å². The molecule has 0 atom stereocenters. The molecule has 24 heavy (non-hydrogen) atoms. The van der Waals surface area contributed by atoms with Gasteiger partial charge in [0.2, 0.25) is 0 Å². The lowest BCUT2D eigenvalue weighted by Gasteiger charge is -1.99. The van der Waals surface area contributed by atoms with Gasteiger partial charge >= 0.3 is 0 Å². The van der Waals surface area contributed by atoms with E-state index < -0.39 is 0 Å². The zero-order chi connectivity index (χ0) is 16.5. The highest BCUT2D eigenvalue weighted by atomic mass is 32.1. The molecule has 0 saturated heterocycles. The number of ketones is 1. The van der Waals surface area contributed by atoms with E-state index in [0.717, 1.165) is 21.9 Å². The van der Waals surface area contributed by atoms with Crippen LogP contribution in [-0.2, 0) is 0 Å². The third-order valence-corrected chi connectivity index (χ3v) is 4.83. The second-order valence-corrected chi connectivity index (χ2v) is 6.32. The highest BCUT2D eigenvalue weighted by Crippen LogP contribution is 2.26. The highest BCUT2D eigenvalue weighted by molar-refractivity contribution is 7.23. The first-order valence-electron chi connectivity index (χ1n) is 7.48. The molecule has 118 valence electrons. The normalized spacial score (nSPS) is 11.5. The maximum atomic E-state index is 12.2. The number of hydrogen-bond donors (Lipinski definition) is 0. The zero-order valence-corrected chi connectivity index (χ0v) is 13.8. The van der Waals surface area contributed by atoms with Gasteiger partial charge in [0.25, 0.3) is 0 Å². The number of carbonyl (C=O) groups is 1. The van der Waals surface area contributed by atoms with Crippen molar-refractivity contribution in [1.82, 2.24) is 9.38 Å². The first-order chi connectivity index (χ1) is 11.7. The number of hydrogen-bond acceptors (Lipinski definition) is 4. The first kappa shape index (κ1) is 14.7. The van der Waals surface area contributed by atoms with Crippen molar-refractivity contribution in [3.8, 4) is 5.75 Å². The third-order valence-electron chi connectivity index (χ3n) is 3.80. The number of fused-ring (bicyclic) bond motifs is 3. The van der Waals surface area contributed by atoms with E-state index in [4.69, 9.17) is 4.74 Å². The summed E-state index contributed by atoms with van der Waals surface area (Å²) in [4.78, 5) is 17.7. The number of imidazole rings is 1. The summed E-state index contributed by atoms with van der Waals surface area (Å²) in [5.41, 5.74) is 2.53. The average molecular weight is 334 g/mol. The minimum Gasteiger partial charge on any atom is -0.497 e. The van der Waals surface area contributed by atoms with Crippen molar-refractivity contribution in [3.05, 3.63) is 72.1 Å². The fourth-order valence-electron chi connectivity index (χ4n) is 2.56. The fraction of sp³-hybridized carbons (Fsp3) is 0.0526. The fourth-order valence-corrected chi connectivity index (χ4v) is 3.57.